The quantitative estimate of drug-likeness (QED) is 0.424. The second-order valence-corrected chi connectivity index (χ2v) is 12.2. The van der Waals surface area contributed by atoms with Gasteiger partial charge in [0.05, 0.1) is 31.2 Å². The number of aliphatic hydroxyl groups excluding tert-OH is 1. The van der Waals surface area contributed by atoms with Crippen LogP contribution < -0.4 is 5.32 Å². The number of carbonyl (C=O) groups excluding carboxylic acids is 4. The fourth-order valence-corrected chi connectivity index (χ4v) is 6.54. The van der Waals surface area contributed by atoms with Crippen molar-refractivity contribution in [3.8, 4) is 0 Å². The van der Waals surface area contributed by atoms with E-state index in [1.54, 1.807) is 36.1 Å². The molecule has 7 atom stereocenters. The maximum Gasteiger partial charge on any atom is 0.313 e. The third kappa shape index (κ3) is 5.08. The minimum Gasteiger partial charge on any atom is -0.460 e. The molecule has 0 unspecified atom stereocenters. The highest BCUT2D eigenvalue weighted by Gasteiger charge is 2.74. The Morgan fingerprint density at radius 1 is 1.10 bits per heavy atom. The molecule has 2 fully saturated rings. The van der Waals surface area contributed by atoms with Gasteiger partial charge in [-0.3, -0.25) is 19.2 Å². The van der Waals surface area contributed by atoms with Crippen LogP contribution in [0, 0.1) is 11.8 Å². The summed E-state index contributed by atoms with van der Waals surface area (Å²) in [5, 5.41) is 13.4. The summed E-state index contributed by atoms with van der Waals surface area (Å²) in [7, 11) is 0. The molecule has 5 rings (SSSR count). The van der Waals surface area contributed by atoms with Crippen LogP contribution in [0.15, 0.2) is 54.6 Å². The highest BCUT2D eigenvalue weighted by molar-refractivity contribution is 5.99. The molecule has 0 aromatic heterocycles. The summed E-state index contributed by atoms with van der Waals surface area (Å²) >= 11 is 0. The van der Waals surface area contributed by atoms with Gasteiger partial charge in [-0.15, -0.1) is 0 Å². The number of rotatable bonds is 3. The largest absolute Gasteiger partial charge is 0.460 e. The van der Waals surface area contributed by atoms with E-state index in [4.69, 9.17) is 9.47 Å². The summed E-state index contributed by atoms with van der Waals surface area (Å²) < 4.78 is 12.2. The number of likely N-dealkylation sites (tertiary alicyclic amines) is 1. The van der Waals surface area contributed by atoms with Crippen molar-refractivity contribution >= 4 is 23.7 Å². The van der Waals surface area contributed by atoms with Gasteiger partial charge < -0.3 is 29.7 Å². The molecule has 5 bridgehead atoms. The first-order valence-corrected chi connectivity index (χ1v) is 14.3. The number of cyclic esters (lactones) is 1. The number of carbonyl (C=O) groups is 4. The van der Waals surface area contributed by atoms with Gasteiger partial charge in [-0.25, -0.2) is 0 Å². The number of hydrogen-bond acceptors (Lipinski definition) is 7. The van der Waals surface area contributed by atoms with Gasteiger partial charge in [-0.2, -0.15) is 0 Å². The van der Waals surface area contributed by atoms with Crippen molar-refractivity contribution in [2.75, 3.05) is 19.7 Å². The molecule has 4 aliphatic rings. The third-order valence-electron chi connectivity index (χ3n) is 8.48. The van der Waals surface area contributed by atoms with Crippen LogP contribution in [0.2, 0.25) is 0 Å². The van der Waals surface area contributed by atoms with Crippen LogP contribution in [0.3, 0.4) is 0 Å². The lowest BCUT2D eigenvalue weighted by Crippen LogP contribution is -2.60. The van der Waals surface area contributed by atoms with Crippen LogP contribution in [0.1, 0.15) is 52.1 Å². The van der Waals surface area contributed by atoms with E-state index in [1.165, 1.54) is 4.90 Å². The zero-order valence-electron chi connectivity index (χ0n) is 24.0. The number of nitrogens with one attached hydrogen (secondary N) is 1. The van der Waals surface area contributed by atoms with Crippen LogP contribution in [0.4, 0.5) is 0 Å². The first-order valence-electron chi connectivity index (χ1n) is 14.3. The van der Waals surface area contributed by atoms with Crippen LogP contribution in [0.25, 0.3) is 0 Å². The predicted molar refractivity (Wildman–Crippen MR) is 149 cm³/mol. The van der Waals surface area contributed by atoms with E-state index in [0.29, 0.717) is 12.0 Å². The summed E-state index contributed by atoms with van der Waals surface area (Å²) in [6, 6.07) is 7.12. The molecular weight excluding hydrogens is 526 g/mol. The number of amides is 3. The Kier molecular flexibility index (Phi) is 7.82. The molecule has 3 amide bonds. The Morgan fingerprint density at radius 2 is 1.83 bits per heavy atom. The Morgan fingerprint density at radius 3 is 2.51 bits per heavy atom. The number of aliphatic hydroxyl groups is 1. The van der Waals surface area contributed by atoms with Crippen LogP contribution in [-0.2, 0) is 28.7 Å². The van der Waals surface area contributed by atoms with Crippen molar-refractivity contribution in [3.63, 3.8) is 0 Å². The van der Waals surface area contributed by atoms with Crippen molar-refractivity contribution in [1.82, 2.24) is 15.1 Å². The predicted octanol–water partition coefficient (Wildman–Crippen LogP) is 1.90. The highest BCUT2D eigenvalue weighted by atomic mass is 16.6. The van der Waals surface area contributed by atoms with E-state index in [9.17, 15) is 24.3 Å². The van der Waals surface area contributed by atoms with Crippen LogP contribution in [-0.4, -0.2) is 87.7 Å². The van der Waals surface area contributed by atoms with Gasteiger partial charge >= 0.3 is 5.97 Å². The van der Waals surface area contributed by atoms with Crippen molar-refractivity contribution in [2.24, 2.45) is 11.8 Å². The molecule has 1 aromatic rings. The zero-order valence-corrected chi connectivity index (χ0v) is 24.0. The fraction of sp³-hybridized carbons (Fsp3) is 0.548. The van der Waals surface area contributed by atoms with E-state index in [1.807, 2.05) is 51.1 Å². The van der Waals surface area contributed by atoms with E-state index < -0.39 is 65.8 Å². The zero-order chi connectivity index (χ0) is 29.5. The first-order chi connectivity index (χ1) is 19.5. The summed E-state index contributed by atoms with van der Waals surface area (Å²) in [5.41, 5.74) is -1.37. The van der Waals surface area contributed by atoms with Gasteiger partial charge in [0.1, 0.15) is 23.7 Å². The standard InChI is InChI=1S/C31H39N3O7/c1-19-17-32-23(36)13-9-6-10-16-33(30(2,3)4)28(38)26-31-15-14-22(41-31)24(29(39)40-19)25(31)27(37)34(26)21(18-35)20-11-7-5-8-12-20/h5-8,10-12,14-15,19,21-22,24-26,35H,9,13,16-18H2,1-4H3,(H,32,36)/b10-6-/t19-,21+,22+,24-,25-,26+,31-/m0/s1. The number of fused-ring (bicyclic) bond motifs is 2. The molecule has 1 spiro atoms. The number of ether oxygens (including phenoxy) is 2. The van der Waals surface area contributed by atoms with Gasteiger partial charge in [-0.1, -0.05) is 54.6 Å². The van der Waals surface area contributed by atoms with Crippen molar-refractivity contribution in [1.29, 1.82) is 0 Å². The molecule has 41 heavy (non-hydrogen) atoms. The average Bonchev–Trinajstić information content (AvgIpc) is 3.57. The second-order valence-electron chi connectivity index (χ2n) is 12.2. The van der Waals surface area contributed by atoms with Gasteiger partial charge in [0.2, 0.25) is 17.7 Å². The Balaban J connectivity index is 1.64. The molecule has 1 aromatic carbocycles. The van der Waals surface area contributed by atoms with Crippen LogP contribution in [0.5, 0.6) is 0 Å². The molecule has 10 heteroatoms. The summed E-state index contributed by atoms with van der Waals surface area (Å²) in [4.78, 5) is 58.1. The molecular formula is C31H39N3O7. The average molecular weight is 566 g/mol. The minimum absolute atomic E-state index is 0.137. The topological polar surface area (TPSA) is 125 Å². The van der Waals surface area contributed by atoms with Gasteiger partial charge in [0.25, 0.3) is 0 Å². The lowest BCUT2D eigenvalue weighted by Gasteiger charge is -2.43. The smallest absolute Gasteiger partial charge is 0.313 e. The third-order valence-corrected chi connectivity index (χ3v) is 8.48. The number of nitrogens with zero attached hydrogens (tertiary/aromatic N) is 2. The molecule has 4 aliphatic heterocycles. The van der Waals surface area contributed by atoms with Gasteiger partial charge in [0, 0.05) is 18.5 Å². The minimum atomic E-state index is -1.40. The summed E-state index contributed by atoms with van der Waals surface area (Å²) in [5.74, 6) is -3.55. The molecule has 0 radical (unpaired) electrons. The first kappa shape index (κ1) is 29.0. The fourth-order valence-electron chi connectivity index (χ4n) is 6.54. The normalized spacial score (nSPS) is 33.9. The van der Waals surface area contributed by atoms with E-state index in [-0.39, 0.29) is 31.3 Å². The number of hydrogen-bond donors (Lipinski definition) is 2. The number of esters is 1. The highest BCUT2D eigenvalue weighted by Crippen LogP contribution is 2.57. The lowest BCUT2D eigenvalue weighted by molar-refractivity contribution is -0.160. The Hall–Kier alpha value is -3.50. The van der Waals surface area contributed by atoms with Crippen molar-refractivity contribution in [3.05, 3.63) is 60.2 Å². The van der Waals surface area contributed by atoms with Crippen molar-refractivity contribution < 1.29 is 33.8 Å². The van der Waals surface area contributed by atoms with E-state index in [0.717, 1.165) is 0 Å². The Bertz CT molecular complexity index is 1260. The van der Waals surface area contributed by atoms with E-state index >= 15 is 0 Å². The molecule has 220 valence electrons. The monoisotopic (exact) mass is 565 g/mol. The molecule has 2 N–H and O–H groups in total. The number of allylic oxidation sites excluding steroid dienone is 1. The summed E-state index contributed by atoms with van der Waals surface area (Å²) in [6.07, 6.45) is 6.57. The Labute approximate surface area is 240 Å². The van der Waals surface area contributed by atoms with Gasteiger partial charge in [-0.05, 0) is 39.7 Å². The number of benzene rings is 1. The SMILES string of the molecule is C[C@H]1CNC(=O)CC/C=C\CN(C(C)(C)C)C(=O)[C@H]2N([C@H](CO)c3ccccc3)C(=O)[C@@H]3[C@@H](C(=O)O1)[C@H]1C=C[C@]32O1. The van der Waals surface area contributed by atoms with E-state index in [2.05, 4.69) is 5.32 Å². The van der Waals surface area contributed by atoms with Crippen molar-refractivity contribution in [2.45, 2.75) is 76.0 Å². The maximum atomic E-state index is 14.7. The molecule has 2 saturated heterocycles. The van der Waals surface area contributed by atoms with Gasteiger partial charge in [0.15, 0.2) is 0 Å². The lowest BCUT2D eigenvalue weighted by atomic mass is 9.74. The van der Waals surface area contributed by atoms with Crippen LogP contribution >= 0.6 is 0 Å². The maximum absolute atomic E-state index is 14.7. The molecule has 0 aliphatic carbocycles. The molecule has 4 heterocycles. The summed E-state index contributed by atoms with van der Waals surface area (Å²) in [6.45, 7) is 7.38. The molecule has 0 saturated carbocycles. The second kappa shape index (κ2) is 11.1. The molecule has 10 nitrogen and oxygen atoms in total.